The Labute approximate surface area is 129 Å². The number of para-hydroxylation sites is 1. The SMILES string of the molecule is CCn1c(-c2ccccc2N)c(C#N)c2ccc(OC)cc21. The fourth-order valence-electron chi connectivity index (χ4n) is 2.89. The third-order valence-electron chi connectivity index (χ3n) is 3.92. The monoisotopic (exact) mass is 291 g/mol. The van der Waals surface area contributed by atoms with Gasteiger partial charge in [0.15, 0.2) is 0 Å². The van der Waals surface area contributed by atoms with Crippen molar-refractivity contribution in [2.75, 3.05) is 12.8 Å². The fourth-order valence-corrected chi connectivity index (χ4v) is 2.89. The summed E-state index contributed by atoms with van der Waals surface area (Å²) < 4.78 is 7.43. The Morgan fingerprint density at radius 2 is 2.00 bits per heavy atom. The molecule has 0 saturated carbocycles. The molecule has 2 aromatic carbocycles. The number of hydrogen-bond donors (Lipinski definition) is 1. The second-order valence-electron chi connectivity index (χ2n) is 5.05. The van der Waals surface area contributed by atoms with E-state index in [0.29, 0.717) is 11.3 Å². The molecule has 0 aliphatic carbocycles. The number of methoxy groups -OCH3 is 1. The first kappa shape index (κ1) is 14.0. The number of nitrogen functional groups attached to an aromatic ring is 1. The highest BCUT2D eigenvalue weighted by Gasteiger charge is 2.19. The number of hydrogen-bond acceptors (Lipinski definition) is 3. The quantitative estimate of drug-likeness (QED) is 0.747. The van der Waals surface area contributed by atoms with Crippen LogP contribution in [0.1, 0.15) is 12.5 Å². The summed E-state index contributed by atoms with van der Waals surface area (Å²) >= 11 is 0. The zero-order valence-corrected chi connectivity index (χ0v) is 12.6. The van der Waals surface area contributed by atoms with Gasteiger partial charge in [-0.3, -0.25) is 0 Å². The van der Waals surface area contributed by atoms with E-state index in [1.807, 2.05) is 42.5 Å². The first-order chi connectivity index (χ1) is 10.7. The lowest BCUT2D eigenvalue weighted by Crippen LogP contribution is -2.00. The number of ether oxygens (including phenoxy) is 1. The predicted molar refractivity (Wildman–Crippen MR) is 88.7 cm³/mol. The summed E-state index contributed by atoms with van der Waals surface area (Å²) in [4.78, 5) is 0. The molecular formula is C18H17N3O. The van der Waals surface area contributed by atoms with Crippen molar-refractivity contribution in [2.24, 2.45) is 0 Å². The average Bonchev–Trinajstić information content (AvgIpc) is 2.87. The standard InChI is InChI=1S/C18H17N3O/c1-3-21-17-10-12(22-2)8-9-13(17)15(11-19)18(21)14-6-4-5-7-16(14)20/h4-10H,3,20H2,1-2H3. The van der Waals surface area contributed by atoms with Gasteiger partial charge in [-0.2, -0.15) is 5.26 Å². The molecule has 0 spiro atoms. The van der Waals surface area contributed by atoms with Crippen LogP contribution in [0.3, 0.4) is 0 Å². The number of anilines is 1. The number of nitrogens with two attached hydrogens (primary N) is 1. The number of nitriles is 1. The van der Waals surface area contributed by atoms with E-state index in [1.54, 1.807) is 7.11 Å². The van der Waals surface area contributed by atoms with Gasteiger partial charge < -0.3 is 15.0 Å². The third-order valence-corrected chi connectivity index (χ3v) is 3.92. The fraction of sp³-hybridized carbons (Fsp3) is 0.167. The van der Waals surface area contributed by atoms with Crippen molar-refractivity contribution in [2.45, 2.75) is 13.5 Å². The van der Waals surface area contributed by atoms with Gasteiger partial charge in [-0.05, 0) is 25.1 Å². The summed E-state index contributed by atoms with van der Waals surface area (Å²) in [5.74, 6) is 0.775. The second-order valence-corrected chi connectivity index (χ2v) is 5.05. The highest BCUT2D eigenvalue weighted by Crippen LogP contribution is 2.37. The second kappa shape index (κ2) is 5.45. The number of rotatable bonds is 3. The van der Waals surface area contributed by atoms with Crippen LogP contribution in [-0.2, 0) is 6.54 Å². The molecule has 0 atom stereocenters. The Morgan fingerprint density at radius 3 is 2.64 bits per heavy atom. The molecule has 4 heteroatoms. The van der Waals surface area contributed by atoms with E-state index >= 15 is 0 Å². The van der Waals surface area contributed by atoms with Gasteiger partial charge in [0, 0.05) is 29.2 Å². The van der Waals surface area contributed by atoms with Crippen LogP contribution < -0.4 is 10.5 Å². The van der Waals surface area contributed by atoms with Crippen LogP contribution in [0.5, 0.6) is 5.75 Å². The Hall–Kier alpha value is -2.93. The molecule has 0 radical (unpaired) electrons. The summed E-state index contributed by atoms with van der Waals surface area (Å²) in [6.07, 6.45) is 0. The van der Waals surface area contributed by atoms with Gasteiger partial charge in [0.25, 0.3) is 0 Å². The molecular weight excluding hydrogens is 274 g/mol. The summed E-state index contributed by atoms with van der Waals surface area (Å²) in [6, 6.07) is 15.7. The molecule has 0 aliphatic heterocycles. The maximum Gasteiger partial charge on any atom is 0.120 e. The number of fused-ring (bicyclic) bond motifs is 1. The van der Waals surface area contributed by atoms with E-state index in [9.17, 15) is 5.26 Å². The van der Waals surface area contributed by atoms with Crippen LogP contribution in [0, 0.1) is 11.3 Å². The lowest BCUT2D eigenvalue weighted by atomic mass is 10.0. The highest BCUT2D eigenvalue weighted by atomic mass is 16.5. The van der Waals surface area contributed by atoms with Crippen LogP contribution in [-0.4, -0.2) is 11.7 Å². The zero-order chi connectivity index (χ0) is 15.7. The van der Waals surface area contributed by atoms with Crippen molar-refractivity contribution in [3.63, 3.8) is 0 Å². The van der Waals surface area contributed by atoms with Crippen molar-refractivity contribution >= 4 is 16.6 Å². The van der Waals surface area contributed by atoms with Gasteiger partial charge in [0.05, 0.1) is 23.9 Å². The molecule has 4 nitrogen and oxygen atoms in total. The summed E-state index contributed by atoms with van der Waals surface area (Å²) in [5.41, 5.74) is 10.2. The lowest BCUT2D eigenvalue weighted by Gasteiger charge is -2.11. The van der Waals surface area contributed by atoms with Gasteiger partial charge >= 0.3 is 0 Å². The van der Waals surface area contributed by atoms with Gasteiger partial charge in [0.2, 0.25) is 0 Å². The molecule has 110 valence electrons. The molecule has 3 rings (SSSR count). The van der Waals surface area contributed by atoms with Crippen LogP contribution in [0.4, 0.5) is 5.69 Å². The molecule has 1 heterocycles. The van der Waals surface area contributed by atoms with E-state index < -0.39 is 0 Å². The molecule has 0 saturated heterocycles. The highest BCUT2D eigenvalue weighted by molar-refractivity contribution is 5.97. The number of nitrogens with zero attached hydrogens (tertiary/aromatic N) is 2. The van der Waals surface area contributed by atoms with Crippen LogP contribution in [0.2, 0.25) is 0 Å². The Balaban J connectivity index is 2.44. The minimum absolute atomic E-state index is 0.650. The molecule has 0 unspecified atom stereocenters. The number of benzene rings is 2. The largest absolute Gasteiger partial charge is 0.497 e. The van der Waals surface area contributed by atoms with Crippen LogP contribution in [0.25, 0.3) is 22.2 Å². The lowest BCUT2D eigenvalue weighted by molar-refractivity contribution is 0.415. The molecule has 3 aromatic rings. The molecule has 0 fully saturated rings. The third kappa shape index (κ3) is 1.99. The smallest absolute Gasteiger partial charge is 0.120 e. The van der Waals surface area contributed by atoms with Gasteiger partial charge in [0.1, 0.15) is 11.8 Å². The van der Waals surface area contributed by atoms with E-state index in [0.717, 1.165) is 34.5 Å². The first-order valence-corrected chi connectivity index (χ1v) is 7.16. The first-order valence-electron chi connectivity index (χ1n) is 7.16. The predicted octanol–water partition coefficient (Wildman–Crippen LogP) is 3.79. The maximum atomic E-state index is 9.67. The maximum absolute atomic E-state index is 9.67. The minimum atomic E-state index is 0.650. The molecule has 22 heavy (non-hydrogen) atoms. The van der Waals surface area contributed by atoms with Crippen molar-refractivity contribution < 1.29 is 4.74 Å². The minimum Gasteiger partial charge on any atom is -0.497 e. The topological polar surface area (TPSA) is 64.0 Å². The molecule has 2 N–H and O–H groups in total. The molecule has 0 aliphatic rings. The number of aromatic nitrogens is 1. The van der Waals surface area contributed by atoms with E-state index in [-0.39, 0.29) is 0 Å². The summed E-state index contributed by atoms with van der Waals surface area (Å²) in [7, 11) is 1.64. The molecule has 0 amide bonds. The number of aryl methyl sites for hydroxylation is 1. The van der Waals surface area contributed by atoms with E-state index in [2.05, 4.69) is 17.6 Å². The van der Waals surface area contributed by atoms with E-state index in [4.69, 9.17) is 10.5 Å². The summed E-state index contributed by atoms with van der Waals surface area (Å²) in [5, 5.41) is 10.6. The van der Waals surface area contributed by atoms with Gasteiger partial charge in [-0.15, -0.1) is 0 Å². The van der Waals surface area contributed by atoms with E-state index in [1.165, 1.54) is 0 Å². The van der Waals surface area contributed by atoms with Crippen molar-refractivity contribution in [1.29, 1.82) is 5.26 Å². The van der Waals surface area contributed by atoms with Crippen LogP contribution in [0.15, 0.2) is 42.5 Å². The zero-order valence-electron chi connectivity index (χ0n) is 12.6. The summed E-state index contributed by atoms with van der Waals surface area (Å²) in [6.45, 7) is 2.80. The molecule has 1 aromatic heterocycles. The molecule has 0 bridgehead atoms. The van der Waals surface area contributed by atoms with Crippen LogP contribution >= 0.6 is 0 Å². The Morgan fingerprint density at radius 1 is 1.23 bits per heavy atom. The van der Waals surface area contributed by atoms with Gasteiger partial charge in [-0.1, -0.05) is 18.2 Å². The Bertz CT molecular complexity index is 887. The van der Waals surface area contributed by atoms with Crippen molar-refractivity contribution in [3.05, 3.63) is 48.0 Å². The normalized spacial score (nSPS) is 10.6. The average molecular weight is 291 g/mol. The Kier molecular flexibility index (Phi) is 3.48. The van der Waals surface area contributed by atoms with Crippen molar-refractivity contribution in [1.82, 2.24) is 4.57 Å². The van der Waals surface area contributed by atoms with Gasteiger partial charge in [-0.25, -0.2) is 0 Å². The van der Waals surface area contributed by atoms with Crippen molar-refractivity contribution in [3.8, 4) is 23.1 Å².